The Morgan fingerprint density at radius 3 is 2.50 bits per heavy atom. The van der Waals surface area contributed by atoms with Crippen LogP contribution in [0.3, 0.4) is 0 Å². The van der Waals surface area contributed by atoms with Crippen molar-refractivity contribution in [3.8, 4) is 11.3 Å². The number of fused-ring (bicyclic) bond motifs is 1. The van der Waals surface area contributed by atoms with Crippen molar-refractivity contribution in [3.05, 3.63) is 81.1 Å². The Labute approximate surface area is 166 Å². The van der Waals surface area contributed by atoms with Gasteiger partial charge in [-0.05, 0) is 37.1 Å². The van der Waals surface area contributed by atoms with Crippen LogP contribution in [0.4, 0.5) is 13.2 Å². The molecule has 0 radical (unpaired) electrons. The van der Waals surface area contributed by atoms with Gasteiger partial charge in [0.15, 0.2) is 5.65 Å². The molecular weight excluding hydrogens is 401 g/mol. The lowest BCUT2D eigenvalue weighted by Gasteiger charge is -2.05. The molecule has 1 aliphatic carbocycles. The number of imidazole rings is 1. The van der Waals surface area contributed by atoms with Crippen LogP contribution in [0.1, 0.15) is 30.0 Å². The minimum atomic E-state index is -4.27. The summed E-state index contributed by atoms with van der Waals surface area (Å²) >= 11 is 0. The number of aromatic amines is 2. The van der Waals surface area contributed by atoms with Gasteiger partial charge in [-0.3, -0.25) is 14.8 Å². The van der Waals surface area contributed by atoms with Gasteiger partial charge in [-0.1, -0.05) is 0 Å². The SMILES string of the molecule is FC(F)(F)c1ccc(C2CC2)nc1.O=c1[nH]cc(-c2ccc3nccn3n2)c(=O)[nH]1. The number of pyridine rings is 1. The van der Waals surface area contributed by atoms with Crippen molar-refractivity contribution in [2.45, 2.75) is 24.9 Å². The summed E-state index contributed by atoms with van der Waals surface area (Å²) in [5.41, 5.74) is 0.566. The lowest BCUT2D eigenvalue weighted by molar-refractivity contribution is -0.137. The maximum absolute atomic E-state index is 12.1. The smallest absolute Gasteiger partial charge is 0.313 e. The van der Waals surface area contributed by atoms with E-state index in [1.54, 1.807) is 29.0 Å². The average molecular weight is 416 g/mol. The first-order valence-electron chi connectivity index (χ1n) is 8.97. The highest BCUT2D eigenvalue weighted by atomic mass is 19.4. The zero-order chi connectivity index (χ0) is 21.3. The van der Waals surface area contributed by atoms with Gasteiger partial charge in [-0.2, -0.15) is 18.3 Å². The molecule has 0 saturated heterocycles. The number of hydrogen-bond acceptors (Lipinski definition) is 5. The van der Waals surface area contributed by atoms with Crippen LogP contribution < -0.4 is 11.2 Å². The van der Waals surface area contributed by atoms with E-state index in [9.17, 15) is 22.8 Å². The van der Waals surface area contributed by atoms with E-state index in [0.717, 1.165) is 30.8 Å². The molecule has 5 rings (SSSR count). The standard InChI is InChI=1S/C10H7N5O2.C9H8F3N/c16-9-6(5-12-10(17)13-9)7-1-2-8-11-3-4-15(8)14-7;10-9(11,12)7-3-4-8(13-5-7)6-1-2-6/h1-5H,(H2,12,13,16,17);3-6H,1-2H2. The van der Waals surface area contributed by atoms with Crippen LogP contribution in [-0.4, -0.2) is 29.5 Å². The van der Waals surface area contributed by atoms with Crippen LogP contribution in [0, 0.1) is 0 Å². The molecule has 0 unspecified atom stereocenters. The van der Waals surface area contributed by atoms with Gasteiger partial charge in [0.05, 0.1) is 16.8 Å². The average Bonchev–Trinajstić information content (AvgIpc) is 3.45. The Bertz CT molecular complexity index is 1290. The molecule has 4 aromatic heterocycles. The third-order valence-corrected chi connectivity index (χ3v) is 4.46. The normalized spacial score (nSPS) is 13.7. The Morgan fingerprint density at radius 2 is 1.87 bits per heavy atom. The second-order valence-corrected chi connectivity index (χ2v) is 6.68. The molecule has 2 N–H and O–H groups in total. The highest BCUT2D eigenvalue weighted by molar-refractivity contribution is 5.57. The largest absolute Gasteiger partial charge is 0.417 e. The number of halogens is 3. The van der Waals surface area contributed by atoms with Crippen molar-refractivity contribution in [2.24, 2.45) is 0 Å². The van der Waals surface area contributed by atoms with Crippen LogP contribution in [0.2, 0.25) is 0 Å². The molecule has 1 saturated carbocycles. The number of aromatic nitrogens is 6. The Balaban J connectivity index is 0.000000151. The summed E-state index contributed by atoms with van der Waals surface area (Å²) in [6.07, 6.45) is 3.38. The molecular formula is C19H15F3N6O2. The number of rotatable bonds is 2. The van der Waals surface area contributed by atoms with E-state index in [2.05, 4.69) is 25.0 Å². The summed E-state index contributed by atoms with van der Waals surface area (Å²) < 4.78 is 37.8. The van der Waals surface area contributed by atoms with Gasteiger partial charge < -0.3 is 4.98 Å². The van der Waals surface area contributed by atoms with Crippen molar-refractivity contribution in [2.75, 3.05) is 0 Å². The van der Waals surface area contributed by atoms with Crippen LogP contribution in [0.25, 0.3) is 16.9 Å². The predicted octanol–water partition coefficient (Wildman–Crippen LogP) is 2.75. The minimum absolute atomic E-state index is 0.306. The van der Waals surface area contributed by atoms with Crippen LogP contribution in [0.5, 0.6) is 0 Å². The molecule has 11 heteroatoms. The van der Waals surface area contributed by atoms with E-state index < -0.39 is 23.0 Å². The van der Waals surface area contributed by atoms with Crippen LogP contribution in [0.15, 0.2) is 58.6 Å². The number of hydrogen-bond donors (Lipinski definition) is 2. The van der Waals surface area contributed by atoms with E-state index in [-0.39, 0.29) is 0 Å². The van der Waals surface area contributed by atoms with Gasteiger partial charge in [-0.15, -0.1) is 0 Å². The Hall–Kier alpha value is -3.76. The summed E-state index contributed by atoms with van der Waals surface area (Å²) in [4.78, 5) is 34.9. The summed E-state index contributed by atoms with van der Waals surface area (Å²) in [5.74, 6) is 0.405. The molecule has 0 bridgehead atoms. The first-order valence-corrected chi connectivity index (χ1v) is 8.97. The first-order chi connectivity index (χ1) is 14.3. The molecule has 0 spiro atoms. The molecule has 154 valence electrons. The van der Waals surface area contributed by atoms with E-state index in [1.165, 1.54) is 12.3 Å². The predicted molar refractivity (Wildman–Crippen MR) is 101 cm³/mol. The number of nitrogens with zero attached hydrogens (tertiary/aromatic N) is 4. The van der Waals surface area contributed by atoms with Gasteiger partial charge in [0, 0.05) is 36.4 Å². The molecule has 0 amide bonds. The quantitative estimate of drug-likeness (QED) is 0.522. The molecule has 8 nitrogen and oxygen atoms in total. The molecule has 0 aliphatic heterocycles. The molecule has 1 fully saturated rings. The minimum Gasteiger partial charge on any atom is -0.313 e. The van der Waals surface area contributed by atoms with Crippen molar-refractivity contribution >= 4 is 5.65 Å². The highest BCUT2D eigenvalue weighted by Gasteiger charge is 2.32. The van der Waals surface area contributed by atoms with Crippen LogP contribution in [-0.2, 0) is 6.18 Å². The summed E-state index contributed by atoms with van der Waals surface area (Å²) in [7, 11) is 0. The van der Waals surface area contributed by atoms with Gasteiger partial charge in [0.2, 0.25) is 0 Å². The molecule has 0 atom stereocenters. The lowest BCUT2D eigenvalue weighted by atomic mass is 10.2. The summed E-state index contributed by atoms with van der Waals surface area (Å²) in [6.45, 7) is 0. The third kappa shape index (κ3) is 4.29. The fraction of sp³-hybridized carbons (Fsp3) is 0.211. The molecule has 30 heavy (non-hydrogen) atoms. The van der Waals surface area contributed by atoms with Gasteiger partial charge in [-0.25, -0.2) is 14.3 Å². The van der Waals surface area contributed by atoms with E-state index in [1.807, 2.05) is 0 Å². The second kappa shape index (κ2) is 7.58. The fourth-order valence-corrected chi connectivity index (χ4v) is 2.75. The highest BCUT2D eigenvalue weighted by Crippen LogP contribution is 2.39. The van der Waals surface area contributed by atoms with E-state index >= 15 is 0 Å². The Morgan fingerprint density at radius 1 is 1.07 bits per heavy atom. The second-order valence-electron chi connectivity index (χ2n) is 6.68. The van der Waals surface area contributed by atoms with Crippen molar-refractivity contribution < 1.29 is 13.2 Å². The Kier molecular flexibility index (Phi) is 4.94. The van der Waals surface area contributed by atoms with Crippen molar-refractivity contribution in [1.29, 1.82) is 0 Å². The maximum atomic E-state index is 12.1. The molecule has 4 aromatic rings. The van der Waals surface area contributed by atoms with E-state index in [0.29, 0.717) is 22.8 Å². The molecule has 4 heterocycles. The van der Waals surface area contributed by atoms with Gasteiger partial charge in [0.25, 0.3) is 5.56 Å². The fourth-order valence-electron chi connectivity index (χ4n) is 2.75. The lowest BCUT2D eigenvalue weighted by Crippen LogP contribution is -2.22. The van der Waals surface area contributed by atoms with E-state index in [4.69, 9.17) is 0 Å². The van der Waals surface area contributed by atoms with Crippen LogP contribution >= 0.6 is 0 Å². The van der Waals surface area contributed by atoms with Gasteiger partial charge >= 0.3 is 11.9 Å². The topological polar surface area (TPSA) is 109 Å². The number of alkyl halides is 3. The first kappa shape index (κ1) is 19.6. The van der Waals surface area contributed by atoms with Gasteiger partial charge in [0.1, 0.15) is 0 Å². The monoisotopic (exact) mass is 416 g/mol. The zero-order valence-electron chi connectivity index (χ0n) is 15.3. The zero-order valence-corrected chi connectivity index (χ0v) is 15.3. The molecule has 0 aromatic carbocycles. The maximum Gasteiger partial charge on any atom is 0.417 e. The summed E-state index contributed by atoms with van der Waals surface area (Å²) in [6, 6.07) is 5.99. The van der Waals surface area contributed by atoms with Crippen molar-refractivity contribution in [3.63, 3.8) is 0 Å². The summed E-state index contributed by atoms with van der Waals surface area (Å²) in [5, 5.41) is 4.21. The number of nitrogens with one attached hydrogen (secondary N) is 2. The van der Waals surface area contributed by atoms with Crippen molar-refractivity contribution in [1.82, 2.24) is 29.5 Å². The molecule has 1 aliphatic rings. The number of H-pyrrole nitrogens is 2. The third-order valence-electron chi connectivity index (χ3n) is 4.46.